The smallest absolute Gasteiger partial charge is 0.0561 e. The van der Waals surface area contributed by atoms with Crippen LogP contribution in [0.15, 0.2) is 212 Å². The molecule has 0 aliphatic heterocycles. The number of fused-ring (bicyclic) bond motifs is 4. The summed E-state index contributed by atoms with van der Waals surface area (Å²) < 4.78 is 2.48. The van der Waals surface area contributed by atoms with Crippen LogP contribution in [-0.4, -0.2) is 4.57 Å². The lowest BCUT2D eigenvalue weighted by atomic mass is 9.84. The van der Waals surface area contributed by atoms with Gasteiger partial charge in [-0.3, -0.25) is 0 Å². The summed E-state index contributed by atoms with van der Waals surface area (Å²) in [5.41, 5.74) is 15.6. The molecule has 288 valence electrons. The standard InChI is InChI=1S/C58H46N2/c1-5-17-41(18-6-1)42-29-32-47(33-30-42)60-55-28-16-15-27-52(55)53-37-35-49(40-57(53)60)59(56-38-31-45-23-13-14-26-51(45)58(56)46-24-11-4-12-25-46)48-34-36-50(43-19-7-2-8-20-43)54(39-48)44-21-9-3-10-22-44/h2-4,7-16,19-41H,1,5-6,17-18H2. The summed E-state index contributed by atoms with van der Waals surface area (Å²) in [6.45, 7) is 0. The fourth-order valence-electron chi connectivity index (χ4n) is 9.89. The minimum Gasteiger partial charge on any atom is -0.310 e. The number of para-hydroxylation sites is 1. The Hall–Kier alpha value is -7.16. The van der Waals surface area contributed by atoms with Crippen molar-refractivity contribution in [3.63, 3.8) is 0 Å². The van der Waals surface area contributed by atoms with Crippen LogP contribution >= 0.6 is 0 Å². The lowest BCUT2D eigenvalue weighted by molar-refractivity contribution is 0.443. The number of anilines is 3. The number of aromatic nitrogens is 1. The van der Waals surface area contributed by atoms with E-state index in [1.54, 1.807) is 0 Å². The van der Waals surface area contributed by atoms with Gasteiger partial charge in [-0.1, -0.05) is 183 Å². The fourth-order valence-corrected chi connectivity index (χ4v) is 9.89. The average Bonchev–Trinajstić information content (AvgIpc) is 3.66. The van der Waals surface area contributed by atoms with Crippen LogP contribution in [0, 0.1) is 0 Å². The van der Waals surface area contributed by atoms with Crippen LogP contribution in [0.25, 0.3) is 71.6 Å². The summed E-state index contributed by atoms with van der Waals surface area (Å²) in [6.07, 6.45) is 6.64. The van der Waals surface area contributed by atoms with Crippen LogP contribution in [0.5, 0.6) is 0 Å². The van der Waals surface area contributed by atoms with Crippen LogP contribution in [0.4, 0.5) is 17.1 Å². The summed E-state index contributed by atoms with van der Waals surface area (Å²) in [5.74, 6) is 0.668. The Balaban J connectivity index is 1.17. The van der Waals surface area contributed by atoms with Crippen molar-refractivity contribution in [3.8, 4) is 39.1 Å². The highest BCUT2D eigenvalue weighted by Crippen LogP contribution is 2.47. The molecule has 2 nitrogen and oxygen atoms in total. The van der Waals surface area contributed by atoms with E-state index in [4.69, 9.17) is 0 Å². The fraction of sp³-hybridized carbons (Fsp3) is 0.103. The highest BCUT2D eigenvalue weighted by molar-refractivity contribution is 6.11. The maximum absolute atomic E-state index is 2.49. The molecule has 0 atom stereocenters. The maximum atomic E-state index is 2.49. The predicted octanol–water partition coefficient (Wildman–Crippen LogP) is 16.5. The lowest BCUT2D eigenvalue weighted by Crippen LogP contribution is -2.12. The third-order valence-corrected chi connectivity index (χ3v) is 12.8. The van der Waals surface area contributed by atoms with Gasteiger partial charge in [0.25, 0.3) is 0 Å². The van der Waals surface area contributed by atoms with Gasteiger partial charge in [-0.2, -0.15) is 0 Å². The van der Waals surface area contributed by atoms with E-state index >= 15 is 0 Å². The highest BCUT2D eigenvalue weighted by Gasteiger charge is 2.23. The Morgan fingerprint density at radius 3 is 1.72 bits per heavy atom. The summed E-state index contributed by atoms with van der Waals surface area (Å²) >= 11 is 0. The van der Waals surface area contributed by atoms with Crippen molar-refractivity contribution in [2.24, 2.45) is 0 Å². The normalized spacial score (nSPS) is 13.3. The van der Waals surface area contributed by atoms with E-state index in [9.17, 15) is 0 Å². The molecule has 1 aliphatic rings. The number of benzene rings is 9. The zero-order valence-corrected chi connectivity index (χ0v) is 33.7. The highest BCUT2D eigenvalue weighted by atomic mass is 15.1. The van der Waals surface area contributed by atoms with Crippen LogP contribution in [0.3, 0.4) is 0 Å². The van der Waals surface area contributed by atoms with E-state index in [0.717, 1.165) is 17.1 Å². The topological polar surface area (TPSA) is 8.17 Å². The molecule has 0 unspecified atom stereocenters. The predicted molar refractivity (Wildman–Crippen MR) is 255 cm³/mol. The molecule has 0 amide bonds. The molecule has 1 saturated carbocycles. The summed E-state index contributed by atoms with van der Waals surface area (Å²) in [4.78, 5) is 2.49. The zero-order valence-electron chi connectivity index (χ0n) is 33.7. The molecule has 0 N–H and O–H groups in total. The van der Waals surface area contributed by atoms with Crippen molar-refractivity contribution >= 4 is 49.6 Å². The number of nitrogens with zero attached hydrogens (tertiary/aromatic N) is 2. The Morgan fingerprint density at radius 2 is 0.983 bits per heavy atom. The van der Waals surface area contributed by atoms with Crippen molar-refractivity contribution in [2.75, 3.05) is 4.90 Å². The molecule has 1 aromatic heterocycles. The largest absolute Gasteiger partial charge is 0.310 e. The molecule has 2 heteroatoms. The van der Waals surface area contributed by atoms with Crippen LogP contribution in [0.1, 0.15) is 43.6 Å². The Labute approximate surface area is 352 Å². The second-order valence-corrected chi connectivity index (χ2v) is 16.3. The average molecular weight is 771 g/mol. The van der Waals surface area contributed by atoms with Gasteiger partial charge in [0, 0.05) is 33.4 Å². The first kappa shape index (κ1) is 36.0. The van der Waals surface area contributed by atoms with Crippen molar-refractivity contribution in [1.29, 1.82) is 0 Å². The number of hydrogen-bond acceptors (Lipinski definition) is 1. The minimum atomic E-state index is 0.668. The molecule has 9 aromatic carbocycles. The Kier molecular flexibility index (Phi) is 9.32. The second-order valence-electron chi connectivity index (χ2n) is 16.3. The maximum Gasteiger partial charge on any atom is 0.0561 e. The molecular weight excluding hydrogens is 725 g/mol. The second kappa shape index (κ2) is 15.5. The monoisotopic (exact) mass is 770 g/mol. The van der Waals surface area contributed by atoms with Gasteiger partial charge in [-0.15, -0.1) is 0 Å². The van der Waals surface area contributed by atoms with Gasteiger partial charge < -0.3 is 9.47 Å². The van der Waals surface area contributed by atoms with Crippen molar-refractivity contribution in [2.45, 2.75) is 38.0 Å². The first-order valence-electron chi connectivity index (χ1n) is 21.5. The SMILES string of the molecule is c1ccc(-c2ccc(N(c3ccc4c5ccccc5n(-c5ccc(C6CCCCC6)cc5)c4c3)c3ccc4ccccc4c3-c3ccccc3)cc2-c2ccccc2)cc1. The van der Waals surface area contributed by atoms with Gasteiger partial charge in [0.1, 0.15) is 0 Å². The molecule has 0 radical (unpaired) electrons. The third kappa shape index (κ3) is 6.46. The lowest BCUT2D eigenvalue weighted by Gasteiger charge is -2.30. The van der Waals surface area contributed by atoms with Gasteiger partial charge in [0.2, 0.25) is 0 Å². The van der Waals surface area contributed by atoms with Crippen molar-refractivity contribution in [1.82, 2.24) is 4.57 Å². The molecule has 1 aliphatic carbocycles. The van der Waals surface area contributed by atoms with Gasteiger partial charge >= 0.3 is 0 Å². The Bertz CT molecular complexity index is 3100. The van der Waals surface area contributed by atoms with Crippen molar-refractivity contribution in [3.05, 3.63) is 218 Å². The van der Waals surface area contributed by atoms with E-state index in [-0.39, 0.29) is 0 Å². The third-order valence-electron chi connectivity index (χ3n) is 12.8. The molecule has 10 aromatic rings. The van der Waals surface area contributed by atoms with E-state index in [0.29, 0.717) is 5.92 Å². The van der Waals surface area contributed by atoms with Crippen LogP contribution in [0.2, 0.25) is 0 Å². The van der Waals surface area contributed by atoms with E-state index < -0.39 is 0 Å². The van der Waals surface area contributed by atoms with E-state index in [2.05, 4.69) is 222 Å². The summed E-state index contributed by atoms with van der Waals surface area (Å²) in [5, 5.41) is 4.95. The Morgan fingerprint density at radius 1 is 0.400 bits per heavy atom. The van der Waals surface area contributed by atoms with Crippen LogP contribution in [-0.2, 0) is 0 Å². The molecule has 1 fully saturated rings. The van der Waals surface area contributed by atoms with E-state index in [1.165, 1.54) is 109 Å². The van der Waals surface area contributed by atoms with Gasteiger partial charge in [0.15, 0.2) is 0 Å². The quantitative estimate of drug-likeness (QED) is 0.149. The van der Waals surface area contributed by atoms with Crippen molar-refractivity contribution < 1.29 is 0 Å². The first-order valence-corrected chi connectivity index (χ1v) is 21.5. The van der Waals surface area contributed by atoms with Gasteiger partial charge in [0.05, 0.1) is 16.7 Å². The molecule has 0 saturated heterocycles. The molecule has 0 spiro atoms. The number of hydrogen-bond donors (Lipinski definition) is 0. The molecule has 0 bridgehead atoms. The molecular formula is C58H46N2. The molecule has 11 rings (SSSR count). The molecule has 60 heavy (non-hydrogen) atoms. The summed E-state index contributed by atoms with van der Waals surface area (Å²) in [7, 11) is 0. The minimum absolute atomic E-state index is 0.668. The van der Waals surface area contributed by atoms with Gasteiger partial charge in [-0.25, -0.2) is 0 Å². The van der Waals surface area contributed by atoms with Crippen LogP contribution < -0.4 is 4.90 Å². The number of rotatable bonds is 8. The first-order chi connectivity index (χ1) is 29.8. The van der Waals surface area contributed by atoms with E-state index in [1.807, 2.05) is 0 Å². The zero-order chi connectivity index (χ0) is 39.8. The molecule has 1 heterocycles. The summed E-state index contributed by atoms with van der Waals surface area (Å²) in [6, 6.07) is 78.4. The van der Waals surface area contributed by atoms with Gasteiger partial charge in [-0.05, 0) is 111 Å².